The summed E-state index contributed by atoms with van der Waals surface area (Å²) >= 11 is 12.5. The van der Waals surface area contributed by atoms with Crippen molar-refractivity contribution in [1.29, 1.82) is 0 Å². The Kier molecular flexibility index (Phi) is 4.56. The average Bonchev–Trinajstić information content (AvgIpc) is 3.30. The highest BCUT2D eigenvalue weighted by Gasteiger charge is 2.33. The molecule has 0 bridgehead atoms. The Morgan fingerprint density at radius 1 is 1.10 bits per heavy atom. The molecule has 0 heterocycles. The van der Waals surface area contributed by atoms with Crippen LogP contribution in [0.3, 0.4) is 0 Å². The van der Waals surface area contributed by atoms with Gasteiger partial charge < -0.3 is 5.73 Å². The second-order valence-electron chi connectivity index (χ2n) is 6.26. The van der Waals surface area contributed by atoms with Gasteiger partial charge in [0.2, 0.25) is 0 Å². The summed E-state index contributed by atoms with van der Waals surface area (Å²) < 4.78 is 0. The molecule has 2 saturated carbocycles. The quantitative estimate of drug-likeness (QED) is 0.820. The molecule has 2 N–H and O–H groups in total. The highest BCUT2D eigenvalue weighted by molar-refractivity contribution is 6.33. The van der Waals surface area contributed by atoms with E-state index in [1.165, 1.54) is 25.7 Å². The summed E-state index contributed by atoms with van der Waals surface area (Å²) in [6.07, 6.45) is 5.45. The van der Waals surface area contributed by atoms with Gasteiger partial charge in [0.1, 0.15) is 0 Å². The highest BCUT2D eigenvalue weighted by atomic mass is 35.5. The molecule has 1 aromatic rings. The number of hydrogen-bond donors (Lipinski definition) is 1. The largest absolute Gasteiger partial charge is 0.329 e. The third-order valence-electron chi connectivity index (χ3n) is 4.36. The van der Waals surface area contributed by atoms with Gasteiger partial charge in [-0.25, -0.2) is 0 Å². The second-order valence-corrected chi connectivity index (χ2v) is 7.10. The molecule has 0 amide bonds. The molecule has 2 nitrogen and oxygen atoms in total. The van der Waals surface area contributed by atoms with Crippen LogP contribution in [0.15, 0.2) is 18.2 Å². The molecule has 2 fully saturated rings. The van der Waals surface area contributed by atoms with Gasteiger partial charge in [-0.05, 0) is 61.3 Å². The summed E-state index contributed by atoms with van der Waals surface area (Å²) in [5.74, 6) is 1.72. The lowest BCUT2D eigenvalue weighted by atomic mass is 10.0. The number of nitrogens with two attached hydrogens (primary N) is 1. The minimum Gasteiger partial charge on any atom is -0.329 e. The minimum absolute atomic E-state index is 0.197. The Balaban J connectivity index is 1.81. The zero-order chi connectivity index (χ0) is 14.1. The third kappa shape index (κ3) is 3.67. The fourth-order valence-corrected chi connectivity index (χ4v) is 3.26. The topological polar surface area (TPSA) is 29.3 Å². The summed E-state index contributed by atoms with van der Waals surface area (Å²) in [6.45, 7) is 2.90. The van der Waals surface area contributed by atoms with Gasteiger partial charge in [0.05, 0.1) is 0 Å². The van der Waals surface area contributed by atoms with E-state index < -0.39 is 0 Å². The van der Waals surface area contributed by atoms with Crippen LogP contribution in [0.2, 0.25) is 10.0 Å². The fourth-order valence-electron chi connectivity index (χ4n) is 2.84. The molecule has 1 unspecified atom stereocenters. The zero-order valence-corrected chi connectivity index (χ0v) is 13.2. The van der Waals surface area contributed by atoms with Gasteiger partial charge in [0.25, 0.3) is 0 Å². The van der Waals surface area contributed by atoms with E-state index >= 15 is 0 Å². The first-order valence-corrected chi connectivity index (χ1v) is 8.32. The molecule has 3 rings (SSSR count). The average molecular weight is 313 g/mol. The smallest absolute Gasteiger partial charge is 0.0485 e. The Morgan fingerprint density at radius 2 is 1.70 bits per heavy atom. The van der Waals surface area contributed by atoms with Crippen LogP contribution < -0.4 is 5.73 Å². The maximum atomic E-state index is 6.38. The van der Waals surface area contributed by atoms with Gasteiger partial charge in [-0.1, -0.05) is 23.2 Å². The van der Waals surface area contributed by atoms with Gasteiger partial charge in [0, 0.05) is 35.7 Å². The molecule has 0 saturated heterocycles. The van der Waals surface area contributed by atoms with E-state index in [2.05, 4.69) is 4.90 Å². The lowest BCUT2D eigenvalue weighted by molar-refractivity contribution is 0.185. The van der Waals surface area contributed by atoms with Crippen LogP contribution in [0.4, 0.5) is 0 Å². The van der Waals surface area contributed by atoms with E-state index in [1.807, 2.05) is 18.2 Å². The van der Waals surface area contributed by atoms with Crippen molar-refractivity contribution in [3.8, 4) is 0 Å². The van der Waals surface area contributed by atoms with E-state index in [0.717, 1.165) is 40.5 Å². The van der Waals surface area contributed by atoms with Gasteiger partial charge in [-0.2, -0.15) is 0 Å². The fraction of sp³-hybridized carbons (Fsp3) is 0.625. The standard InChI is InChI=1S/C16H22Cl2N2/c17-13-5-6-15(18)14(7-13)16(8-19)20(9-11-1-2-11)10-12-3-4-12/h5-7,11-12,16H,1-4,8-10,19H2. The van der Waals surface area contributed by atoms with E-state index in [1.54, 1.807) is 0 Å². The Morgan fingerprint density at radius 3 is 2.20 bits per heavy atom. The molecular formula is C16H22Cl2N2. The third-order valence-corrected chi connectivity index (χ3v) is 4.94. The maximum Gasteiger partial charge on any atom is 0.0485 e. The van der Waals surface area contributed by atoms with Crippen molar-refractivity contribution in [1.82, 2.24) is 4.90 Å². The predicted octanol–water partition coefficient (Wildman–Crippen LogP) is 4.12. The Labute approximate surface area is 131 Å². The maximum absolute atomic E-state index is 6.38. The van der Waals surface area contributed by atoms with Gasteiger partial charge >= 0.3 is 0 Å². The molecule has 0 aliphatic heterocycles. The van der Waals surface area contributed by atoms with Crippen molar-refractivity contribution in [2.24, 2.45) is 17.6 Å². The van der Waals surface area contributed by atoms with Gasteiger partial charge in [0.15, 0.2) is 0 Å². The number of halogens is 2. The first-order valence-electron chi connectivity index (χ1n) is 7.56. The second kappa shape index (κ2) is 6.23. The van der Waals surface area contributed by atoms with Crippen molar-refractivity contribution < 1.29 is 0 Å². The van der Waals surface area contributed by atoms with Crippen LogP contribution in [0, 0.1) is 11.8 Å². The zero-order valence-electron chi connectivity index (χ0n) is 11.7. The molecule has 0 radical (unpaired) electrons. The summed E-state index contributed by atoms with van der Waals surface area (Å²) in [5, 5.41) is 1.52. The number of hydrogen-bond acceptors (Lipinski definition) is 2. The van der Waals surface area contributed by atoms with Crippen molar-refractivity contribution in [2.75, 3.05) is 19.6 Å². The molecule has 0 spiro atoms. The van der Waals surface area contributed by atoms with Crippen LogP contribution >= 0.6 is 23.2 Å². The van der Waals surface area contributed by atoms with Crippen molar-refractivity contribution in [3.05, 3.63) is 33.8 Å². The highest BCUT2D eigenvalue weighted by Crippen LogP contribution is 2.38. The van der Waals surface area contributed by atoms with Crippen molar-refractivity contribution in [3.63, 3.8) is 0 Å². The molecular weight excluding hydrogens is 291 g/mol. The summed E-state index contributed by atoms with van der Waals surface area (Å²) in [7, 11) is 0. The van der Waals surface area contributed by atoms with E-state index in [4.69, 9.17) is 28.9 Å². The number of benzene rings is 1. The summed E-state index contributed by atoms with van der Waals surface area (Å²) in [4.78, 5) is 2.55. The van der Waals surface area contributed by atoms with Crippen LogP contribution in [-0.2, 0) is 0 Å². The van der Waals surface area contributed by atoms with E-state index in [-0.39, 0.29) is 6.04 Å². The number of rotatable bonds is 7. The summed E-state index contributed by atoms with van der Waals surface area (Å²) in [5.41, 5.74) is 7.16. The van der Waals surface area contributed by atoms with Crippen LogP contribution in [0.5, 0.6) is 0 Å². The van der Waals surface area contributed by atoms with Gasteiger partial charge in [-0.15, -0.1) is 0 Å². The van der Waals surface area contributed by atoms with E-state index in [9.17, 15) is 0 Å². The van der Waals surface area contributed by atoms with Crippen molar-refractivity contribution >= 4 is 23.2 Å². The molecule has 1 aromatic carbocycles. The molecule has 20 heavy (non-hydrogen) atoms. The molecule has 0 aromatic heterocycles. The van der Waals surface area contributed by atoms with Crippen LogP contribution in [0.1, 0.15) is 37.3 Å². The Hall–Kier alpha value is -0.280. The molecule has 4 heteroatoms. The van der Waals surface area contributed by atoms with Gasteiger partial charge in [-0.3, -0.25) is 4.90 Å². The monoisotopic (exact) mass is 312 g/mol. The molecule has 110 valence electrons. The van der Waals surface area contributed by atoms with Crippen LogP contribution in [0.25, 0.3) is 0 Å². The SMILES string of the molecule is NCC(c1cc(Cl)ccc1Cl)N(CC1CC1)CC1CC1. The normalized spacial score (nSPS) is 20.4. The summed E-state index contributed by atoms with van der Waals surface area (Å²) in [6, 6.07) is 5.90. The minimum atomic E-state index is 0.197. The van der Waals surface area contributed by atoms with Crippen LogP contribution in [-0.4, -0.2) is 24.5 Å². The molecule has 1 atom stereocenters. The lowest BCUT2D eigenvalue weighted by Gasteiger charge is -2.32. The molecule has 2 aliphatic rings. The first kappa shape index (κ1) is 14.6. The predicted molar refractivity (Wildman–Crippen MR) is 85.3 cm³/mol. The van der Waals surface area contributed by atoms with E-state index in [0.29, 0.717) is 6.54 Å². The number of nitrogens with zero attached hydrogens (tertiary/aromatic N) is 1. The first-order chi connectivity index (χ1) is 9.67. The Bertz CT molecular complexity index is 456. The molecule has 2 aliphatic carbocycles. The van der Waals surface area contributed by atoms with Crippen molar-refractivity contribution in [2.45, 2.75) is 31.7 Å². The lowest BCUT2D eigenvalue weighted by Crippen LogP contribution is -2.37.